The van der Waals surface area contributed by atoms with Crippen molar-refractivity contribution in [1.82, 2.24) is 0 Å². The van der Waals surface area contributed by atoms with Gasteiger partial charge in [-0.05, 0) is 50.6 Å². The number of halogens is 2. The minimum absolute atomic E-state index is 0.0221. The lowest BCUT2D eigenvalue weighted by Crippen LogP contribution is -2.23. The van der Waals surface area contributed by atoms with Crippen molar-refractivity contribution in [3.05, 3.63) is 59.2 Å². The van der Waals surface area contributed by atoms with Gasteiger partial charge in [-0.15, -0.1) is 0 Å². The molecule has 0 fully saturated rings. The van der Waals surface area contributed by atoms with Gasteiger partial charge >= 0.3 is 5.97 Å². The van der Waals surface area contributed by atoms with Gasteiger partial charge in [0.1, 0.15) is 5.60 Å². The zero-order valence-corrected chi connectivity index (χ0v) is 13.0. The first-order chi connectivity index (χ1) is 10.7. The van der Waals surface area contributed by atoms with E-state index in [0.717, 1.165) is 12.1 Å². The average molecular weight is 315 g/mol. The Morgan fingerprint density at radius 1 is 1.09 bits per heavy atom. The van der Waals surface area contributed by atoms with Gasteiger partial charge in [-0.1, -0.05) is 12.1 Å². The van der Waals surface area contributed by atoms with Crippen LogP contribution in [0.3, 0.4) is 0 Å². The van der Waals surface area contributed by atoms with Crippen LogP contribution in [0, 0.1) is 23.0 Å². The second-order valence-electron chi connectivity index (χ2n) is 6.00. The molecule has 0 aliphatic rings. The standard InChI is InChI=1S/C18H15F2NO2/c1-18(2,3)23-17(22)12-6-4-11(5-7-12)14-9-16(20)15(19)8-13(14)10-21/h4-9H,1-3H3. The van der Waals surface area contributed by atoms with Gasteiger partial charge in [-0.25, -0.2) is 13.6 Å². The second-order valence-corrected chi connectivity index (χ2v) is 6.00. The largest absolute Gasteiger partial charge is 0.456 e. The zero-order chi connectivity index (χ0) is 17.2. The summed E-state index contributed by atoms with van der Waals surface area (Å²) in [5.41, 5.74) is 0.526. The van der Waals surface area contributed by atoms with E-state index in [-0.39, 0.29) is 11.1 Å². The molecule has 0 saturated carbocycles. The number of nitriles is 1. The number of carbonyl (C=O) groups excluding carboxylic acids is 1. The lowest BCUT2D eigenvalue weighted by atomic mass is 9.99. The molecule has 0 spiro atoms. The normalized spacial score (nSPS) is 11.0. The Bertz CT molecular complexity index is 784. The predicted octanol–water partition coefficient (Wildman–Crippen LogP) is 4.46. The van der Waals surface area contributed by atoms with Gasteiger partial charge in [0.2, 0.25) is 0 Å². The van der Waals surface area contributed by atoms with Gasteiger partial charge in [0.25, 0.3) is 0 Å². The Hall–Kier alpha value is -2.74. The fourth-order valence-corrected chi connectivity index (χ4v) is 2.00. The third kappa shape index (κ3) is 3.92. The number of hydrogen-bond acceptors (Lipinski definition) is 3. The van der Waals surface area contributed by atoms with Crippen LogP contribution < -0.4 is 0 Å². The summed E-state index contributed by atoms with van der Waals surface area (Å²) in [5, 5.41) is 9.05. The molecule has 0 unspecified atom stereocenters. The van der Waals surface area contributed by atoms with E-state index in [1.807, 2.05) is 6.07 Å². The van der Waals surface area contributed by atoms with Crippen LogP contribution >= 0.6 is 0 Å². The summed E-state index contributed by atoms with van der Waals surface area (Å²) in [6, 6.07) is 9.82. The highest BCUT2D eigenvalue weighted by Gasteiger charge is 2.18. The molecule has 23 heavy (non-hydrogen) atoms. The van der Waals surface area contributed by atoms with Crippen LogP contribution in [0.4, 0.5) is 8.78 Å². The maximum Gasteiger partial charge on any atom is 0.338 e. The molecular weight excluding hydrogens is 300 g/mol. The minimum Gasteiger partial charge on any atom is -0.456 e. The molecule has 2 aromatic rings. The van der Waals surface area contributed by atoms with Crippen LogP contribution in [0.15, 0.2) is 36.4 Å². The molecule has 2 aromatic carbocycles. The Morgan fingerprint density at radius 3 is 2.17 bits per heavy atom. The average Bonchev–Trinajstić information content (AvgIpc) is 2.48. The van der Waals surface area contributed by atoms with E-state index in [1.165, 1.54) is 12.1 Å². The maximum absolute atomic E-state index is 13.4. The van der Waals surface area contributed by atoms with Crippen molar-refractivity contribution in [3.63, 3.8) is 0 Å². The Balaban J connectivity index is 2.36. The first kappa shape index (κ1) is 16.6. The van der Waals surface area contributed by atoms with Crippen molar-refractivity contribution >= 4 is 5.97 Å². The first-order valence-electron chi connectivity index (χ1n) is 6.94. The number of rotatable bonds is 2. The molecule has 2 rings (SSSR count). The number of hydrogen-bond donors (Lipinski definition) is 0. The molecule has 0 saturated heterocycles. The third-order valence-corrected chi connectivity index (χ3v) is 3.01. The summed E-state index contributed by atoms with van der Waals surface area (Å²) in [5.74, 6) is -2.58. The van der Waals surface area contributed by atoms with E-state index in [4.69, 9.17) is 10.00 Å². The van der Waals surface area contributed by atoms with Crippen LogP contribution in [-0.4, -0.2) is 11.6 Å². The smallest absolute Gasteiger partial charge is 0.338 e. The Labute approximate surface area is 133 Å². The Morgan fingerprint density at radius 2 is 1.65 bits per heavy atom. The summed E-state index contributed by atoms with van der Waals surface area (Å²) in [6.45, 7) is 5.29. The monoisotopic (exact) mass is 315 g/mol. The van der Waals surface area contributed by atoms with Crippen LogP contribution in [0.25, 0.3) is 11.1 Å². The molecule has 5 heteroatoms. The minimum atomic E-state index is -1.07. The van der Waals surface area contributed by atoms with E-state index in [0.29, 0.717) is 11.1 Å². The molecule has 0 amide bonds. The number of carbonyl (C=O) groups is 1. The van der Waals surface area contributed by atoms with E-state index in [1.54, 1.807) is 32.9 Å². The third-order valence-electron chi connectivity index (χ3n) is 3.01. The highest BCUT2D eigenvalue weighted by atomic mass is 19.2. The molecule has 0 radical (unpaired) electrons. The lowest BCUT2D eigenvalue weighted by molar-refractivity contribution is 0.00695. The van der Waals surface area contributed by atoms with Gasteiger partial charge in [0.15, 0.2) is 11.6 Å². The van der Waals surface area contributed by atoms with Crippen LogP contribution in [0.5, 0.6) is 0 Å². The van der Waals surface area contributed by atoms with Crippen molar-refractivity contribution < 1.29 is 18.3 Å². The number of ether oxygens (including phenoxy) is 1. The van der Waals surface area contributed by atoms with E-state index >= 15 is 0 Å². The Kier molecular flexibility index (Phi) is 4.46. The molecule has 3 nitrogen and oxygen atoms in total. The van der Waals surface area contributed by atoms with Gasteiger partial charge in [0, 0.05) is 5.56 Å². The molecule has 0 aromatic heterocycles. The highest BCUT2D eigenvalue weighted by molar-refractivity contribution is 5.90. The predicted molar refractivity (Wildman–Crippen MR) is 81.7 cm³/mol. The van der Waals surface area contributed by atoms with Gasteiger partial charge < -0.3 is 4.74 Å². The SMILES string of the molecule is CC(C)(C)OC(=O)c1ccc(-c2cc(F)c(F)cc2C#N)cc1. The summed E-state index contributed by atoms with van der Waals surface area (Å²) in [7, 11) is 0. The van der Waals surface area contributed by atoms with Crippen molar-refractivity contribution in [2.75, 3.05) is 0 Å². The highest BCUT2D eigenvalue weighted by Crippen LogP contribution is 2.26. The molecule has 0 bridgehead atoms. The van der Waals surface area contributed by atoms with Crippen molar-refractivity contribution in [3.8, 4) is 17.2 Å². The van der Waals surface area contributed by atoms with Crippen LogP contribution in [0.2, 0.25) is 0 Å². The van der Waals surface area contributed by atoms with Crippen molar-refractivity contribution in [2.45, 2.75) is 26.4 Å². The summed E-state index contributed by atoms with van der Waals surface area (Å²) >= 11 is 0. The summed E-state index contributed by atoms with van der Waals surface area (Å²) < 4.78 is 31.9. The van der Waals surface area contributed by atoms with E-state index < -0.39 is 23.2 Å². The number of benzene rings is 2. The van der Waals surface area contributed by atoms with Crippen LogP contribution in [0.1, 0.15) is 36.7 Å². The van der Waals surface area contributed by atoms with Gasteiger partial charge in [-0.2, -0.15) is 5.26 Å². The molecule has 0 aliphatic heterocycles. The molecular formula is C18H15F2NO2. The zero-order valence-electron chi connectivity index (χ0n) is 13.0. The second kappa shape index (κ2) is 6.17. The van der Waals surface area contributed by atoms with E-state index in [2.05, 4.69) is 0 Å². The van der Waals surface area contributed by atoms with Gasteiger partial charge in [-0.3, -0.25) is 0 Å². The topological polar surface area (TPSA) is 50.1 Å². The molecule has 0 N–H and O–H groups in total. The maximum atomic E-state index is 13.4. The molecule has 0 aliphatic carbocycles. The number of esters is 1. The van der Waals surface area contributed by atoms with E-state index in [9.17, 15) is 13.6 Å². The first-order valence-corrected chi connectivity index (χ1v) is 6.94. The summed E-state index contributed by atoms with van der Waals surface area (Å²) in [6.07, 6.45) is 0. The fourth-order valence-electron chi connectivity index (χ4n) is 2.00. The quantitative estimate of drug-likeness (QED) is 0.769. The van der Waals surface area contributed by atoms with Crippen molar-refractivity contribution in [2.24, 2.45) is 0 Å². The van der Waals surface area contributed by atoms with Gasteiger partial charge in [0.05, 0.1) is 17.2 Å². The summed E-state index contributed by atoms with van der Waals surface area (Å²) in [4.78, 5) is 11.9. The lowest BCUT2D eigenvalue weighted by Gasteiger charge is -2.19. The number of nitrogens with zero attached hydrogens (tertiary/aromatic N) is 1. The molecule has 0 atom stereocenters. The van der Waals surface area contributed by atoms with Crippen LogP contribution in [-0.2, 0) is 4.74 Å². The van der Waals surface area contributed by atoms with Crippen molar-refractivity contribution in [1.29, 1.82) is 5.26 Å². The molecule has 118 valence electrons. The molecule has 0 heterocycles. The fraction of sp³-hybridized carbons (Fsp3) is 0.222.